The molecule has 0 aliphatic heterocycles. The smallest absolute Gasteiger partial charge is 0.305 e. The van der Waals surface area contributed by atoms with Gasteiger partial charge in [-0.1, -0.05) is 172 Å². The Morgan fingerprint density at radius 3 is 1.41 bits per heavy atom. The van der Waals surface area contributed by atoms with Crippen molar-refractivity contribution in [1.29, 1.82) is 0 Å². The average Bonchev–Trinajstić information content (AvgIpc) is 3.20. The van der Waals surface area contributed by atoms with Crippen LogP contribution in [0, 0.1) is 0 Å². The number of carbonyl (C=O) groups is 2. The summed E-state index contributed by atoms with van der Waals surface area (Å²) in [6.45, 7) is 4.79. The summed E-state index contributed by atoms with van der Waals surface area (Å²) < 4.78 is 5.42. The number of hydrogen-bond acceptors (Lipinski definition) is 5. The van der Waals surface area contributed by atoms with E-state index in [1.54, 1.807) is 6.08 Å². The van der Waals surface area contributed by atoms with Gasteiger partial charge < -0.3 is 20.3 Å². The molecule has 6 heteroatoms. The number of unbranched alkanes of at least 4 members (excludes halogenated alkanes) is 26. The Balaban J connectivity index is 3.54. The monoisotopic (exact) mass is 786 g/mol. The Hall–Kier alpha value is -2.18. The fourth-order valence-corrected chi connectivity index (χ4v) is 6.83. The second kappa shape index (κ2) is 45.5. The third-order valence-electron chi connectivity index (χ3n) is 10.6. The molecule has 326 valence electrons. The molecule has 0 bridgehead atoms. The number of aliphatic hydroxyl groups excluding tert-OH is 2. The maximum atomic E-state index is 12.4. The fourth-order valence-electron chi connectivity index (χ4n) is 6.83. The van der Waals surface area contributed by atoms with E-state index >= 15 is 0 Å². The minimum atomic E-state index is -0.853. The molecule has 0 saturated heterocycles. The van der Waals surface area contributed by atoms with Crippen LogP contribution in [-0.2, 0) is 14.3 Å². The molecule has 0 spiro atoms. The predicted octanol–water partition coefficient (Wildman–Crippen LogP) is 13.9. The zero-order valence-corrected chi connectivity index (χ0v) is 36.8. The summed E-state index contributed by atoms with van der Waals surface area (Å²) in [4.78, 5) is 24.3. The van der Waals surface area contributed by atoms with Gasteiger partial charge in [-0.2, -0.15) is 0 Å². The molecule has 3 N–H and O–H groups in total. The number of ether oxygens (including phenoxy) is 1. The van der Waals surface area contributed by atoms with Gasteiger partial charge in [-0.05, 0) is 96.3 Å². The number of aliphatic hydroxyl groups is 2. The Morgan fingerprint density at radius 1 is 0.500 bits per heavy atom. The van der Waals surface area contributed by atoms with Gasteiger partial charge >= 0.3 is 5.97 Å². The molecule has 56 heavy (non-hydrogen) atoms. The third kappa shape index (κ3) is 41.5. The molecule has 0 rings (SSSR count). The van der Waals surface area contributed by atoms with Crippen LogP contribution >= 0.6 is 0 Å². The Labute approximate surface area is 346 Å². The molecular formula is C50H91NO5. The highest BCUT2D eigenvalue weighted by Crippen LogP contribution is 2.13. The summed E-state index contributed by atoms with van der Waals surface area (Å²) in [7, 11) is 0. The SMILES string of the molecule is CCCCC/C=C\CCCCCCCC(=O)OCCCCC/C=C\C/C=C\CCCCCCCCCC(=O)NC(CO)C(O)/C=C/CCCCCCCCCC. The maximum Gasteiger partial charge on any atom is 0.305 e. The number of nitrogens with one attached hydrogen (secondary N) is 1. The Bertz CT molecular complexity index is 957. The van der Waals surface area contributed by atoms with Crippen LogP contribution in [0.15, 0.2) is 48.6 Å². The predicted molar refractivity (Wildman–Crippen MR) is 241 cm³/mol. The van der Waals surface area contributed by atoms with E-state index in [0.29, 0.717) is 19.4 Å². The quantitative estimate of drug-likeness (QED) is 0.0325. The highest BCUT2D eigenvalue weighted by molar-refractivity contribution is 5.76. The molecule has 1 amide bonds. The van der Waals surface area contributed by atoms with E-state index in [1.807, 2.05) is 6.08 Å². The number of amides is 1. The molecule has 0 aliphatic rings. The number of rotatable bonds is 43. The highest BCUT2D eigenvalue weighted by atomic mass is 16.5. The van der Waals surface area contributed by atoms with Crippen LogP contribution in [0.4, 0.5) is 0 Å². The van der Waals surface area contributed by atoms with Gasteiger partial charge in [0.1, 0.15) is 0 Å². The Kier molecular flexibility index (Phi) is 43.7. The summed E-state index contributed by atoms with van der Waals surface area (Å²) in [5.41, 5.74) is 0. The van der Waals surface area contributed by atoms with Gasteiger partial charge in [0.05, 0.1) is 25.4 Å². The number of esters is 1. The van der Waals surface area contributed by atoms with Crippen molar-refractivity contribution in [2.45, 2.75) is 244 Å². The summed E-state index contributed by atoms with van der Waals surface area (Å²) in [6, 6.07) is -0.639. The molecule has 0 radical (unpaired) electrons. The lowest BCUT2D eigenvalue weighted by atomic mass is 10.1. The minimum absolute atomic E-state index is 0.0280. The van der Waals surface area contributed by atoms with Gasteiger partial charge in [0.2, 0.25) is 5.91 Å². The largest absolute Gasteiger partial charge is 0.466 e. The van der Waals surface area contributed by atoms with E-state index in [-0.39, 0.29) is 18.5 Å². The van der Waals surface area contributed by atoms with Crippen molar-refractivity contribution in [2.75, 3.05) is 13.2 Å². The molecule has 0 aromatic rings. The molecule has 0 heterocycles. The van der Waals surface area contributed by atoms with E-state index in [2.05, 4.69) is 55.6 Å². The highest BCUT2D eigenvalue weighted by Gasteiger charge is 2.18. The summed E-state index contributed by atoms with van der Waals surface area (Å²) >= 11 is 0. The molecule has 0 fully saturated rings. The second-order valence-corrected chi connectivity index (χ2v) is 16.1. The van der Waals surface area contributed by atoms with E-state index in [1.165, 1.54) is 122 Å². The van der Waals surface area contributed by atoms with Gasteiger partial charge in [-0.3, -0.25) is 9.59 Å². The standard InChI is InChI=1S/C50H91NO5/c1-3-5-7-9-11-13-15-24-28-32-36-40-44-50(55)56-45-41-37-33-29-25-22-20-18-16-17-19-21-23-27-31-35-39-43-49(54)51-47(46-52)48(53)42-38-34-30-26-14-12-10-8-6-4-2/h11,13,16,18,22,25,38,42,47-48,52-53H,3-10,12,14-15,17,19-21,23-24,26-37,39-41,43-46H2,1-2H3,(H,51,54)/b13-11-,18-16-,25-22-,42-38+. The van der Waals surface area contributed by atoms with Crippen LogP contribution in [-0.4, -0.2) is 47.4 Å². The van der Waals surface area contributed by atoms with Gasteiger partial charge in [0.25, 0.3) is 0 Å². The summed E-state index contributed by atoms with van der Waals surface area (Å²) in [5, 5.41) is 22.9. The van der Waals surface area contributed by atoms with Crippen molar-refractivity contribution in [3.8, 4) is 0 Å². The second-order valence-electron chi connectivity index (χ2n) is 16.1. The van der Waals surface area contributed by atoms with Crippen LogP contribution in [0.5, 0.6) is 0 Å². The van der Waals surface area contributed by atoms with E-state index in [0.717, 1.165) is 83.5 Å². The van der Waals surface area contributed by atoms with Crippen molar-refractivity contribution in [3.63, 3.8) is 0 Å². The van der Waals surface area contributed by atoms with Gasteiger partial charge in [0, 0.05) is 12.8 Å². The van der Waals surface area contributed by atoms with Gasteiger partial charge in [-0.15, -0.1) is 0 Å². The minimum Gasteiger partial charge on any atom is -0.466 e. The summed E-state index contributed by atoms with van der Waals surface area (Å²) in [5.74, 6) is -0.116. The lowest BCUT2D eigenvalue weighted by Crippen LogP contribution is -2.45. The first-order valence-electron chi connectivity index (χ1n) is 23.9. The molecule has 0 aromatic heterocycles. The zero-order valence-electron chi connectivity index (χ0n) is 36.8. The van der Waals surface area contributed by atoms with Gasteiger partial charge in [-0.25, -0.2) is 0 Å². The fraction of sp³-hybridized carbons (Fsp3) is 0.800. The zero-order chi connectivity index (χ0) is 40.8. The topological polar surface area (TPSA) is 95.9 Å². The average molecular weight is 786 g/mol. The van der Waals surface area contributed by atoms with Crippen molar-refractivity contribution in [3.05, 3.63) is 48.6 Å². The normalized spacial score (nSPS) is 13.1. The van der Waals surface area contributed by atoms with E-state index < -0.39 is 12.1 Å². The molecule has 2 atom stereocenters. The van der Waals surface area contributed by atoms with E-state index in [4.69, 9.17) is 4.74 Å². The molecule has 6 nitrogen and oxygen atoms in total. The summed E-state index contributed by atoms with van der Waals surface area (Å²) in [6.07, 6.45) is 55.3. The number of hydrogen-bond donors (Lipinski definition) is 3. The van der Waals surface area contributed by atoms with Crippen LogP contribution in [0.1, 0.15) is 232 Å². The van der Waals surface area contributed by atoms with Crippen LogP contribution in [0.3, 0.4) is 0 Å². The first-order chi connectivity index (χ1) is 27.5. The lowest BCUT2D eigenvalue weighted by Gasteiger charge is -2.20. The lowest BCUT2D eigenvalue weighted by molar-refractivity contribution is -0.143. The molecular weight excluding hydrogens is 695 g/mol. The maximum absolute atomic E-state index is 12.4. The number of allylic oxidation sites excluding steroid dienone is 7. The van der Waals surface area contributed by atoms with Crippen LogP contribution in [0.25, 0.3) is 0 Å². The number of carbonyl (C=O) groups excluding carboxylic acids is 2. The van der Waals surface area contributed by atoms with Crippen molar-refractivity contribution in [1.82, 2.24) is 5.32 Å². The molecule has 0 aliphatic carbocycles. The molecule has 0 saturated carbocycles. The van der Waals surface area contributed by atoms with Gasteiger partial charge in [0.15, 0.2) is 0 Å². The Morgan fingerprint density at radius 2 is 0.893 bits per heavy atom. The first-order valence-corrected chi connectivity index (χ1v) is 23.9. The third-order valence-corrected chi connectivity index (χ3v) is 10.6. The first kappa shape index (κ1) is 53.8. The van der Waals surface area contributed by atoms with Crippen molar-refractivity contribution >= 4 is 11.9 Å². The molecule has 0 aromatic carbocycles. The van der Waals surface area contributed by atoms with E-state index in [9.17, 15) is 19.8 Å². The van der Waals surface area contributed by atoms with Crippen LogP contribution < -0.4 is 5.32 Å². The van der Waals surface area contributed by atoms with Crippen LogP contribution in [0.2, 0.25) is 0 Å². The van der Waals surface area contributed by atoms with Crippen molar-refractivity contribution < 1.29 is 24.5 Å². The molecule has 2 unspecified atom stereocenters. The van der Waals surface area contributed by atoms with Crippen molar-refractivity contribution in [2.24, 2.45) is 0 Å².